The maximum absolute atomic E-state index is 10.8. The standard InChI is InChI=1S/C10H9NO2S/c1-5-2-3-6-7(10(12)13)4-14-9(6)8(5)11/h2-4H,11H2,1H3,(H,12,13). The molecular weight excluding hydrogens is 198 g/mol. The molecule has 0 atom stereocenters. The number of benzene rings is 1. The van der Waals surface area contributed by atoms with Crippen molar-refractivity contribution in [3.63, 3.8) is 0 Å². The number of nitrogen functional groups attached to an aromatic ring is 1. The molecule has 4 heteroatoms. The number of carboxylic acid groups (broad SMARTS) is 1. The number of anilines is 1. The third-order valence-electron chi connectivity index (χ3n) is 2.23. The number of nitrogens with two attached hydrogens (primary N) is 1. The molecule has 72 valence electrons. The van der Waals surface area contributed by atoms with Gasteiger partial charge in [-0.25, -0.2) is 4.79 Å². The van der Waals surface area contributed by atoms with E-state index >= 15 is 0 Å². The summed E-state index contributed by atoms with van der Waals surface area (Å²) in [7, 11) is 0. The van der Waals surface area contributed by atoms with E-state index in [1.165, 1.54) is 11.3 Å². The highest BCUT2D eigenvalue weighted by atomic mass is 32.1. The second kappa shape index (κ2) is 2.99. The van der Waals surface area contributed by atoms with E-state index in [2.05, 4.69) is 0 Å². The molecule has 0 aliphatic heterocycles. The molecule has 0 saturated carbocycles. The number of fused-ring (bicyclic) bond motifs is 1. The Bertz CT molecular complexity index is 516. The minimum absolute atomic E-state index is 0.330. The van der Waals surface area contributed by atoms with Gasteiger partial charge in [-0.05, 0) is 12.5 Å². The molecule has 1 aromatic heterocycles. The highest BCUT2D eigenvalue weighted by molar-refractivity contribution is 7.18. The van der Waals surface area contributed by atoms with Crippen LogP contribution in [0.2, 0.25) is 0 Å². The van der Waals surface area contributed by atoms with E-state index < -0.39 is 5.97 Å². The average Bonchev–Trinajstić information content (AvgIpc) is 2.55. The lowest BCUT2D eigenvalue weighted by molar-refractivity contribution is 0.0699. The summed E-state index contributed by atoms with van der Waals surface area (Å²) in [5, 5.41) is 11.3. The molecule has 2 rings (SSSR count). The summed E-state index contributed by atoms with van der Waals surface area (Å²) >= 11 is 1.38. The van der Waals surface area contributed by atoms with Crippen LogP contribution in [0.5, 0.6) is 0 Å². The first-order chi connectivity index (χ1) is 6.61. The van der Waals surface area contributed by atoms with Gasteiger partial charge < -0.3 is 10.8 Å². The van der Waals surface area contributed by atoms with E-state index in [4.69, 9.17) is 10.8 Å². The van der Waals surface area contributed by atoms with Gasteiger partial charge in [0, 0.05) is 10.8 Å². The van der Waals surface area contributed by atoms with E-state index in [0.717, 1.165) is 15.6 Å². The second-order valence-electron chi connectivity index (χ2n) is 3.13. The average molecular weight is 207 g/mol. The number of aromatic carboxylic acids is 1. The Morgan fingerprint density at radius 2 is 2.21 bits per heavy atom. The van der Waals surface area contributed by atoms with Crippen molar-refractivity contribution in [2.75, 3.05) is 5.73 Å². The van der Waals surface area contributed by atoms with E-state index in [9.17, 15) is 4.79 Å². The van der Waals surface area contributed by atoms with Crippen molar-refractivity contribution in [2.24, 2.45) is 0 Å². The summed E-state index contributed by atoms with van der Waals surface area (Å²) in [4.78, 5) is 10.8. The Kier molecular flexibility index (Phi) is 1.93. The van der Waals surface area contributed by atoms with Crippen molar-refractivity contribution in [1.82, 2.24) is 0 Å². The van der Waals surface area contributed by atoms with Crippen molar-refractivity contribution in [1.29, 1.82) is 0 Å². The van der Waals surface area contributed by atoms with Gasteiger partial charge in [0.05, 0.1) is 16.0 Å². The molecule has 3 N–H and O–H groups in total. The lowest BCUT2D eigenvalue weighted by Gasteiger charge is -2.00. The second-order valence-corrected chi connectivity index (χ2v) is 4.01. The summed E-state index contributed by atoms with van der Waals surface area (Å²) in [6.45, 7) is 1.91. The summed E-state index contributed by atoms with van der Waals surface area (Å²) in [5.41, 5.74) is 7.84. The summed E-state index contributed by atoms with van der Waals surface area (Å²) < 4.78 is 0.863. The van der Waals surface area contributed by atoms with Crippen molar-refractivity contribution >= 4 is 33.1 Å². The monoisotopic (exact) mass is 207 g/mol. The molecule has 1 heterocycles. The molecule has 1 aromatic carbocycles. The van der Waals surface area contributed by atoms with Gasteiger partial charge in [0.1, 0.15) is 0 Å². The number of rotatable bonds is 1. The molecule has 0 aliphatic rings. The minimum Gasteiger partial charge on any atom is -0.478 e. The molecule has 0 radical (unpaired) electrons. The summed E-state index contributed by atoms with van der Waals surface area (Å²) in [6, 6.07) is 3.65. The smallest absolute Gasteiger partial charge is 0.337 e. The molecule has 0 unspecified atom stereocenters. The largest absolute Gasteiger partial charge is 0.478 e. The molecular formula is C10H9NO2S. The fraction of sp³-hybridized carbons (Fsp3) is 0.100. The van der Waals surface area contributed by atoms with Crippen LogP contribution in [0.4, 0.5) is 5.69 Å². The zero-order chi connectivity index (χ0) is 10.3. The number of carbonyl (C=O) groups is 1. The number of aryl methyl sites for hydroxylation is 1. The van der Waals surface area contributed by atoms with E-state index in [1.807, 2.05) is 13.0 Å². The van der Waals surface area contributed by atoms with Gasteiger partial charge in [-0.1, -0.05) is 12.1 Å². The predicted octanol–water partition coefficient (Wildman–Crippen LogP) is 2.49. The number of carboxylic acids is 1. The molecule has 0 saturated heterocycles. The van der Waals surface area contributed by atoms with Crippen LogP contribution in [0.1, 0.15) is 15.9 Å². The first-order valence-corrected chi connectivity index (χ1v) is 4.99. The Balaban J connectivity index is 2.83. The number of hydrogen-bond acceptors (Lipinski definition) is 3. The predicted molar refractivity (Wildman–Crippen MR) is 57.9 cm³/mol. The van der Waals surface area contributed by atoms with Crippen molar-refractivity contribution < 1.29 is 9.90 Å². The van der Waals surface area contributed by atoms with Gasteiger partial charge in [-0.3, -0.25) is 0 Å². The van der Waals surface area contributed by atoms with Crippen molar-refractivity contribution in [3.8, 4) is 0 Å². The third kappa shape index (κ3) is 1.15. The zero-order valence-electron chi connectivity index (χ0n) is 7.57. The lowest BCUT2D eigenvalue weighted by Crippen LogP contribution is -1.94. The van der Waals surface area contributed by atoms with Crippen LogP contribution in [-0.2, 0) is 0 Å². The van der Waals surface area contributed by atoms with Crippen LogP contribution in [0.15, 0.2) is 17.5 Å². The Labute approximate surface area is 84.8 Å². The third-order valence-corrected chi connectivity index (χ3v) is 3.26. The molecule has 14 heavy (non-hydrogen) atoms. The molecule has 3 nitrogen and oxygen atoms in total. The SMILES string of the molecule is Cc1ccc2c(C(=O)O)csc2c1N. The van der Waals surface area contributed by atoms with Gasteiger partial charge in [-0.2, -0.15) is 0 Å². The van der Waals surface area contributed by atoms with Gasteiger partial charge in [0.2, 0.25) is 0 Å². The van der Waals surface area contributed by atoms with Crippen LogP contribution in [0, 0.1) is 6.92 Å². The molecule has 0 aliphatic carbocycles. The van der Waals surface area contributed by atoms with Crippen molar-refractivity contribution in [3.05, 3.63) is 28.6 Å². The highest BCUT2D eigenvalue weighted by Gasteiger charge is 2.12. The van der Waals surface area contributed by atoms with Crippen LogP contribution in [-0.4, -0.2) is 11.1 Å². The van der Waals surface area contributed by atoms with E-state index in [0.29, 0.717) is 11.3 Å². The van der Waals surface area contributed by atoms with Gasteiger partial charge in [0.15, 0.2) is 0 Å². The Hall–Kier alpha value is -1.55. The summed E-state index contributed by atoms with van der Waals surface area (Å²) in [6.07, 6.45) is 0. The molecule has 2 aromatic rings. The number of hydrogen-bond donors (Lipinski definition) is 2. The van der Waals surface area contributed by atoms with E-state index in [-0.39, 0.29) is 0 Å². The van der Waals surface area contributed by atoms with Crippen molar-refractivity contribution in [2.45, 2.75) is 6.92 Å². The topological polar surface area (TPSA) is 63.3 Å². The zero-order valence-corrected chi connectivity index (χ0v) is 8.39. The fourth-order valence-corrected chi connectivity index (χ4v) is 2.44. The van der Waals surface area contributed by atoms with Crippen LogP contribution in [0.3, 0.4) is 0 Å². The van der Waals surface area contributed by atoms with Gasteiger partial charge in [-0.15, -0.1) is 11.3 Å². The minimum atomic E-state index is -0.903. The van der Waals surface area contributed by atoms with Gasteiger partial charge >= 0.3 is 5.97 Å². The summed E-state index contributed by atoms with van der Waals surface area (Å²) in [5.74, 6) is -0.903. The maximum Gasteiger partial charge on any atom is 0.337 e. The molecule has 0 bridgehead atoms. The maximum atomic E-state index is 10.8. The molecule has 0 spiro atoms. The van der Waals surface area contributed by atoms with E-state index in [1.54, 1.807) is 11.4 Å². The highest BCUT2D eigenvalue weighted by Crippen LogP contribution is 2.32. The van der Waals surface area contributed by atoms with Crippen LogP contribution < -0.4 is 5.73 Å². The number of thiophene rings is 1. The first kappa shape index (κ1) is 9.02. The van der Waals surface area contributed by atoms with Crippen LogP contribution >= 0.6 is 11.3 Å². The van der Waals surface area contributed by atoms with Gasteiger partial charge in [0.25, 0.3) is 0 Å². The quantitative estimate of drug-likeness (QED) is 0.706. The molecule has 0 fully saturated rings. The normalized spacial score (nSPS) is 10.6. The fourth-order valence-electron chi connectivity index (χ4n) is 1.38. The Morgan fingerprint density at radius 3 is 2.86 bits per heavy atom. The lowest BCUT2D eigenvalue weighted by atomic mass is 10.1. The Morgan fingerprint density at radius 1 is 1.50 bits per heavy atom. The van der Waals surface area contributed by atoms with Crippen LogP contribution in [0.25, 0.3) is 10.1 Å². The first-order valence-electron chi connectivity index (χ1n) is 4.11. The molecule has 0 amide bonds.